The van der Waals surface area contributed by atoms with E-state index in [1.165, 1.54) is 5.56 Å². The van der Waals surface area contributed by atoms with Crippen LogP contribution < -0.4 is 5.32 Å². The topological polar surface area (TPSA) is 45.4 Å². The van der Waals surface area contributed by atoms with Crippen LogP contribution in [0.4, 0.5) is 0 Å². The Bertz CT molecular complexity index is 321. The second kappa shape index (κ2) is 4.37. The van der Waals surface area contributed by atoms with Crippen molar-refractivity contribution in [2.24, 2.45) is 0 Å². The van der Waals surface area contributed by atoms with Gasteiger partial charge in [0.25, 0.3) is 0 Å². The molecule has 3 heteroatoms. The van der Waals surface area contributed by atoms with Gasteiger partial charge in [0, 0.05) is 6.04 Å². The van der Waals surface area contributed by atoms with Crippen molar-refractivity contribution in [2.75, 3.05) is 0 Å². The number of nitrogens with one attached hydrogen (secondary N) is 1. The summed E-state index contributed by atoms with van der Waals surface area (Å²) in [6.07, 6.45) is 4.62. The molecule has 0 bridgehead atoms. The summed E-state index contributed by atoms with van der Waals surface area (Å²) in [5, 5.41) is 13.1. The van der Waals surface area contributed by atoms with Crippen LogP contribution in [0.2, 0.25) is 0 Å². The Morgan fingerprint density at radius 3 is 2.87 bits per heavy atom. The maximum Gasteiger partial charge on any atom is 0.123 e. The van der Waals surface area contributed by atoms with Crippen molar-refractivity contribution >= 4 is 0 Å². The first-order chi connectivity index (χ1) is 7.18. The first-order valence-electron chi connectivity index (χ1n) is 5.66. The molecule has 1 aliphatic rings. The molecule has 3 unspecified atom stereocenters. The summed E-state index contributed by atoms with van der Waals surface area (Å²) < 4.78 is 5.43. The molecule has 1 saturated carbocycles. The third-order valence-corrected chi connectivity index (χ3v) is 3.24. The molecule has 0 aliphatic heterocycles. The first kappa shape index (κ1) is 10.7. The van der Waals surface area contributed by atoms with Crippen LogP contribution in [-0.4, -0.2) is 17.3 Å². The number of aliphatic hydroxyl groups is 1. The molecule has 1 aromatic rings. The molecule has 2 N–H and O–H groups in total. The van der Waals surface area contributed by atoms with Crippen molar-refractivity contribution in [1.82, 2.24) is 5.32 Å². The monoisotopic (exact) mass is 209 g/mol. The van der Waals surface area contributed by atoms with Gasteiger partial charge in [-0.2, -0.15) is 0 Å². The highest BCUT2D eigenvalue weighted by Gasteiger charge is 2.27. The Labute approximate surface area is 90.5 Å². The molecule has 0 radical (unpaired) electrons. The van der Waals surface area contributed by atoms with Crippen LogP contribution >= 0.6 is 0 Å². The smallest absolute Gasteiger partial charge is 0.123 e. The van der Waals surface area contributed by atoms with E-state index in [9.17, 15) is 5.11 Å². The molecule has 3 atom stereocenters. The molecule has 3 nitrogen and oxygen atoms in total. The highest BCUT2D eigenvalue weighted by molar-refractivity contribution is 5.17. The van der Waals surface area contributed by atoms with E-state index in [-0.39, 0.29) is 18.2 Å². The van der Waals surface area contributed by atoms with Gasteiger partial charge in [-0.05, 0) is 44.7 Å². The summed E-state index contributed by atoms with van der Waals surface area (Å²) in [5.74, 6) is 0.981. The van der Waals surface area contributed by atoms with E-state index in [0.29, 0.717) is 0 Å². The van der Waals surface area contributed by atoms with Crippen molar-refractivity contribution in [3.05, 3.63) is 23.7 Å². The van der Waals surface area contributed by atoms with Crippen LogP contribution in [-0.2, 0) is 0 Å². The number of rotatable bonds is 3. The predicted octanol–water partition coefficient (Wildman–Crippen LogP) is 2.15. The minimum Gasteiger partial charge on any atom is -0.467 e. The van der Waals surface area contributed by atoms with Crippen LogP contribution in [0.1, 0.15) is 43.6 Å². The van der Waals surface area contributed by atoms with E-state index in [2.05, 4.69) is 12.2 Å². The molecule has 0 aromatic carbocycles. The standard InChI is InChI=1S/C12H19NO2/c1-8-6-7-15-12(8)9(2)13-10-4-3-5-11(10)14/h6-7,9-11,13-14H,3-5H2,1-2H3. The fourth-order valence-electron chi connectivity index (χ4n) is 2.36. The van der Waals surface area contributed by atoms with Crippen LogP contribution in [0.3, 0.4) is 0 Å². The van der Waals surface area contributed by atoms with E-state index in [4.69, 9.17) is 4.42 Å². The number of aryl methyl sites for hydroxylation is 1. The first-order valence-corrected chi connectivity index (χ1v) is 5.66. The lowest BCUT2D eigenvalue weighted by Gasteiger charge is -2.21. The van der Waals surface area contributed by atoms with Gasteiger partial charge < -0.3 is 14.8 Å². The summed E-state index contributed by atoms with van der Waals surface area (Å²) in [6.45, 7) is 4.12. The molecule has 1 fully saturated rings. The summed E-state index contributed by atoms with van der Waals surface area (Å²) in [6, 6.07) is 2.38. The van der Waals surface area contributed by atoms with Gasteiger partial charge in [-0.3, -0.25) is 0 Å². The Morgan fingerprint density at radius 1 is 1.53 bits per heavy atom. The van der Waals surface area contributed by atoms with Gasteiger partial charge in [0.2, 0.25) is 0 Å². The molecule has 15 heavy (non-hydrogen) atoms. The fraction of sp³-hybridized carbons (Fsp3) is 0.667. The van der Waals surface area contributed by atoms with Crippen molar-refractivity contribution in [3.8, 4) is 0 Å². The van der Waals surface area contributed by atoms with E-state index in [0.717, 1.165) is 25.0 Å². The Hall–Kier alpha value is -0.800. The summed E-state index contributed by atoms with van der Waals surface area (Å²) >= 11 is 0. The number of aliphatic hydroxyl groups excluding tert-OH is 1. The van der Waals surface area contributed by atoms with Gasteiger partial charge >= 0.3 is 0 Å². The molecular formula is C12H19NO2. The normalized spacial score (nSPS) is 28.2. The Kier molecular flexibility index (Phi) is 3.12. The molecule has 84 valence electrons. The molecular weight excluding hydrogens is 190 g/mol. The molecule has 0 amide bonds. The summed E-state index contributed by atoms with van der Waals surface area (Å²) in [7, 11) is 0. The van der Waals surface area contributed by atoms with Crippen molar-refractivity contribution in [2.45, 2.75) is 51.3 Å². The number of furan rings is 1. The van der Waals surface area contributed by atoms with Gasteiger partial charge in [0.1, 0.15) is 5.76 Å². The highest BCUT2D eigenvalue weighted by atomic mass is 16.3. The average molecular weight is 209 g/mol. The number of hydrogen-bond donors (Lipinski definition) is 2. The SMILES string of the molecule is Cc1ccoc1C(C)NC1CCCC1O. The van der Waals surface area contributed by atoms with Crippen molar-refractivity contribution < 1.29 is 9.52 Å². The average Bonchev–Trinajstić information content (AvgIpc) is 2.76. The fourth-order valence-corrected chi connectivity index (χ4v) is 2.36. The maximum atomic E-state index is 9.71. The van der Waals surface area contributed by atoms with E-state index < -0.39 is 0 Å². The molecule has 1 heterocycles. The third-order valence-electron chi connectivity index (χ3n) is 3.24. The van der Waals surface area contributed by atoms with Gasteiger partial charge in [-0.1, -0.05) is 0 Å². The molecule has 0 saturated heterocycles. The Balaban J connectivity index is 1.97. The predicted molar refractivity (Wildman–Crippen MR) is 58.6 cm³/mol. The third kappa shape index (κ3) is 2.24. The number of hydrogen-bond acceptors (Lipinski definition) is 3. The molecule has 0 spiro atoms. The summed E-state index contributed by atoms with van der Waals surface area (Å²) in [5.41, 5.74) is 1.17. The maximum absolute atomic E-state index is 9.71. The van der Waals surface area contributed by atoms with Crippen LogP contribution in [0.25, 0.3) is 0 Å². The van der Waals surface area contributed by atoms with Gasteiger partial charge in [0.05, 0.1) is 18.4 Å². The minimum absolute atomic E-state index is 0.178. The Morgan fingerprint density at radius 2 is 2.33 bits per heavy atom. The second-order valence-corrected chi connectivity index (χ2v) is 4.46. The minimum atomic E-state index is -0.192. The zero-order valence-electron chi connectivity index (χ0n) is 9.36. The van der Waals surface area contributed by atoms with E-state index in [1.807, 2.05) is 13.0 Å². The van der Waals surface area contributed by atoms with Crippen LogP contribution in [0, 0.1) is 6.92 Å². The molecule has 1 aliphatic carbocycles. The van der Waals surface area contributed by atoms with E-state index in [1.54, 1.807) is 6.26 Å². The highest BCUT2D eigenvalue weighted by Crippen LogP contribution is 2.24. The van der Waals surface area contributed by atoms with Gasteiger partial charge in [0.15, 0.2) is 0 Å². The second-order valence-electron chi connectivity index (χ2n) is 4.46. The van der Waals surface area contributed by atoms with Crippen molar-refractivity contribution in [3.63, 3.8) is 0 Å². The zero-order chi connectivity index (χ0) is 10.8. The van der Waals surface area contributed by atoms with Crippen LogP contribution in [0.5, 0.6) is 0 Å². The van der Waals surface area contributed by atoms with Crippen molar-refractivity contribution in [1.29, 1.82) is 0 Å². The largest absolute Gasteiger partial charge is 0.467 e. The zero-order valence-corrected chi connectivity index (χ0v) is 9.36. The quantitative estimate of drug-likeness (QED) is 0.801. The van der Waals surface area contributed by atoms with Crippen LogP contribution in [0.15, 0.2) is 16.7 Å². The lowest BCUT2D eigenvalue weighted by Crippen LogP contribution is -2.37. The van der Waals surface area contributed by atoms with Gasteiger partial charge in [-0.25, -0.2) is 0 Å². The molecule has 2 rings (SSSR count). The van der Waals surface area contributed by atoms with E-state index >= 15 is 0 Å². The lowest BCUT2D eigenvalue weighted by atomic mass is 10.1. The summed E-state index contributed by atoms with van der Waals surface area (Å²) in [4.78, 5) is 0. The molecule has 1 aromatic heterocycles. The lowest BCUT2D eigenvalue weighted by molar-refractivity contribution is 0.142. The van der Waals surface area contributed by atoms with Gasteiger partial charge in [-0.15, -0.1) is 0 Å².